The van der Waals surface area contributed by atoms with Crippen LogP contribution in [0.5, 0.6) is 5.75 Å². The number of halogens is 1. The van der Waals surface area contributed by atoms with Crippen LogP contribution in [-0.4, -0.2) is 19.1 Å². The minimum absolute atomic E-state index is 0.0519. The smallest absolute Gasteiger partial charge is 0.227 e. The third-order valence-electron chi connectivity index (χ3n) is 3.25. The fourth-order valence-corrected chi connectivity index (χ4v) is 2.47. The van der Waals surface area contributed by atoms with Crippen LogP contribution in [0.2, 0.25) is 0 Å². The predicted octanol–water partition coefficient (Wildman–Crippen LogP) is 3.97. The second-order valence-electron chi connectivity index (χ2n) is 5.04. The van der Waals surface area contributed by atoms with Crippen molar-refractivity contribution in [3.05, 3.63) is 58.6 Å². The van der Waals surface area contributed by atoms with Gasteiger partial charge < -0.3 is 15.4 Å². The van der Waals surface area contributed by atoms with Gasteiger partial charge in [0.05, 0.1) is 13.0 Å². The van der Waals surface area contributed by atoms with E-state index in [0.717, 1.165) is 34.6 Å². The van der Waals surface area contributed by atoms with Crippen LogP contribution in [0.25, 0.3) is 0 Å². The van der Waals surface area contributed by atoms with Crippen molar-refractivity contribution in [3.8, 4) is 5.75 Å². The van der Waals surface area contributed by atoms with Crippen LogP contribution in [0.1, 0.15) is 18.9 Å². The van der Waals surface area contributed by atoms with E-state index in [9.17, 15) is 4.79 Å². The fraction of sp³-hybridized carbons (Fsp3) is 0.278. The Hall–Kier alpha value is -1.85. The van der Waals surface area contributed by atoms with E-state index >= 15 is 0 Å². The first-order valence-electron chi connectivity index (χ1n) is 7.66. The molecule has 1 amide bonds. The normalized spacial score (nSPS) is 10.3. The van der Waals surface area contributed by atoms with Gasteiger partial charge in [-0.15, -0.1) is 0 Å². The Morgan fingerprint density at radius 1 is 1.17 bits per heavy atom. The van der Waals surface area contributed by atoms with Gasteiger partial charge in [0, 0.05) is 16.7 Å². The first-order valence-corrected chi connectivity index (χ1v) is 8.45. The van der Waals surface area contributed by atoms with Gasteiger partial charge in [-0.2, -0.15) is 0 Å². The Labute approximate surface area is 145 Å². The van der Waals surface area contributed by atoms with Crippen LogP contribution in [0.15, 0.2) is 53.0 Å². The summed E-state index contributed by atoms with van der Waals surface area (Å²) in [6.45, 7) is 4.03. The standard InChI is InChI=1S/C18H21BrN2O2/c1-2-20-13-14-6-3-4-9-17(14)21-18(22)10-11-23-16-8-5-7-15(19)12-16/h3-9,12,20H,2,10-11,13H2,1H3,(H,21,22). The Morgan fingerprint density at radius 3 is 2.78 bits per heavy atom. The molecule has 0 fully saturated rings. The van der Waals surface area contributed by atoms with Crippen molar-refractivity contribution in [2.45, 2.75) is 19.9 Å². The Bertz CT molecular complexity index is 646. The maximum Gasteiger partial charge on any atom is 0.227 e. The zero-order valence-electron chi connectivity index (χ0n) is 13.1. The minimum atomic E-state index is -0.0519. The number of nitrogens with one attached hydrogen (secondary N) is 2. The number of hydrogen-bond acceptors (Lipinski definition) is 3. The number of rotatable bonds is 8. The lowest BCUT2D eigenvalue weighted by atomic mass is 10.1. The first kappa shape index (κ1) is 17.5. The van der Waals surface area contributed by atoms with Crippen LogP contribution in [0, 0.1) is 0 Å². The second kappa shape index (κ2) is 9.33. The van der Waals surface area contributed by atoms with Crippen molar-refractivity contribution in [2.75, 3.05) is 18.5 Å². The van der Waals surface area contributed by atoms with Crippen LogP contribution in [0.4, 0.5) is 5.69 Å². The van der Waals surface area contributed by atoms with Crippen molar-refractivity contribution >= 4 is 27.5 Å². The van der Waals surface area contributed by atoms with E-state index in [1.54, 1.807) is 0 Å². The minimum Gasteiger partial charge on any atom is -0.493 e. The van der Waals surface area contributed by atoms with Crippen molar-refractivity contribution in [3.63, 3.8) is 0 Å². The number of anilines is 1. The van der Waals surface area contributed by atoms with Gasteiger partial charge in [-0.25, -0.2) is 0 Å². The van der Waals surface area contributed by atoms with Gasteiger partial charge in [0.1, 0.15) is 5.75 Å². The number of ether oxygens (including phenoxy) is 1. The van der Waals surface area contributed by atoms with Gasteiger partial charge in [0.15, 0.2) is 0 Å². The van der Waals surface area contributed by atoms with E-state index in [2.05, 4.69) is 33.5 Å². The summed E-state index contributed by atoms with van der Waals surface area (Å²) >= 11 is 3.39. The third-order valence-corrected chi connectivity index (χ3v) is 3.74. The molecular formula is C18H21BrN2O2. The van der Waals surface area contributed by atoms with Gasteiger partial charge in [-0.3, -0.25) is 4.79 Å². The van der Waals surface area contributed by atoms with Crippen molar-refractivity contribution < 1.29 is 9.53 Å². The maximum atomic E-state index is 12.1. The summed E-state index contributed by atoms with van der Waals surface area (Å²) in [6.07, 6.45) is 0.308. The molecule has 0 heterocycles. The van der Waals surface area contributed by atoms with Crippen LogP contribution in [-0.2, 0) is 11.3 Å². The molecule has 0 spiro atoms. The van der Waals surface area contributed by atoms with E-state index < -0.39 is 0 Å². The predicted molar refractivity (Wildman–Crippen MR) is 96.7 cm³/mol. The van der Waals surface area contributed by atoms with E-state index in [0.29, 0.717) is 13.0 Å². The van der Waals surface area contributed by atoms with Crippen molar-refractivity contribution in [2.24, 2.45) is 0 Å². The van der Waals surface area contributed by atoms with E-state index in [1.165, 1.54) is 0 Å². The molecule has 0 atom stereocenters. The highest BCUT2D eigenvalue weighted by molar-refractivity contribution is 9.10. The molecule has 2 aromatic rings. The van der Waals surface area contributed by atoms with Crippen molar-refractivity contribution in [1.29, 1.82) is 0 Å². The molecule has 0 bridgehead atoms. The lowest BCUT2D eigenvalue weighted by Crippen LogP contribution is -2.18. The molecular weight excluding hydrogens is 356 g/mol. The number of para-hydroxylation sites is 1. The summed E-state index contributed by atoms with van der Waals surface area (Å²) in [7, 11) is 0. The molecule has 0 aliphatic rings. The lowest BCUT2D eigenvalue weighted by Gasteiger charge is -2.12. The molecule has 2 aromatic carbocycles. The molecule has 122 valence electrons. The summed E-state index contributed by atoms with van der Waals surface area (Å²) in [4.78, 5) is 12.1. The highest BCUT2D eigenvalue weighted by Gasteiger charge is 2.07. The van der Waals surface area contributed by atoms with Crippen LogP contribution in [0.3, 0.4) is 0 Å². The molecule has 0 unspecified atom stereocenters. The molecule has 0 radical (unpaired) electrons. The molecule has 0 aliphatic carbocycles. The summed E-state index contributed by atoms with van der Waals surface area (Å²) < 4.78 is 6.54. The molecule has 0 saturated heterocycles. The Balaban J connectivity index is 1.83. The molecule has 2 rings (SSSR count). The first-order chi connectivity index (χ1) is 11.2. The maximum absolute atomic E-state index is 12.1. The van der Waals surface area contributed by atoms with Gasteiger partial charge >= 0.3 is 0 Å². The number of benzene rings is 2. The average Bonchev–Trinajstić information content (AvgIpc) is 2.54. The molecule has 0 saturated carbocycles. The molecule has 0 aromatic heterocycles. The van der Waals surface area contributed by atoms with Crippen LogP contribution < -0.4 is 15.4 Å². The molecule has 2 N–H and O–H groups in total. The monoisotopic (exact) mass is 376 g/mol. The summed E-state index contributed by atoms with van der Waals surface area (Å²) in [5.41, 5.74) is 1.93. The molecule has 23 heavy (non-hydrogen) atoms. The number of carbonyl (C=O) groups is 1. The largest absolute Gasteiger partial charge is 0.493 e. The van der Waals surface area contributed by atoms with E-state index in [4.69, 9.17) is 4.74 Å². The zero-order valence-corrected chi connectivity index (χ0v) is 14.7. The number of hydrogen-bond donors (Lipinski definition) is 2. The quantitative estimate of drug-likeness (QED) is 0.732. The van der Waals surface area contributed by atoms with Crippen LogP contribution >= 0.6 is 15.9 Å². The zero-order chi connectivity index (χ0) is 16.5. The average molecular weight is 377 g/mol. The topological polar surface area (TPSA) is 50.4 Å². The fourth-order valence-electron chi connectivity index (χ4n) is 2.09. The number of amides is 1. The van der Waals surface area contributed by atoms with E-state index in [1.807, 2.05) is 48.5 Å². The van der Waals surface area contributed by atoms with Gasteiger partial charge in [0.2, 0.25) is 5.91 Å². The molecule has 0 aliphatic heterocycles. The highest BCUT2D eigenvalue weighted by atomic mass is 79.9. The molecule has 4 nitrogen and oxygen atoms in total. The Morgan fingerprint density at radius 2 is 2.00 bits per heavy atom. The molecule has 5 heteroatoms. The van der Waals surface area contributed by atoms with Gasteiger partial charge in [0.25, 0.3) is 0 Å². The number of carbonyl (C=O) groups excluding carboxylic acids is 1. The third kappa shape index (κ3) is 6.04. The lowest BCUT2D eigenvalue weighted by molar-refractivity contribution is -0.116. The Kier molecular flexibility index (Phi) is 7.10. The van der Waals surface area contributed by atoms with Gasteiger partial charge in [-0.1, -0.05) is 47.1 Å². The highest BCUT2D eigenvalue weighted by Crippen LogP contribution is 2.18. The summed E-state index contributed by atoms with van der Waals surface area (Å²) in [5.74, 6) is 0.698. The summed E-state index contributed by atoms with van der Waals surface area (Å²) in [6, 6.07) is 15.4. The SMILES string of the molecule is CCNCc1ccccc1NC(=O)CCOc1cccc(Br)c1. The van der Waals surface area contributed by atoms with Gasteiger partial charge in [-0.05, 0) is 36.4 Å². The van der Waals surface area contributed by atoms with Crippen molar-refractivity contribution in [1.82, 2.24) is 5.32 Å². The second-order valence-corrected chi connectivity index (χ2v) is 5.96. The van der Waals surface area contributed by atoms with E-state index in [-0.39, 0.29) is 5.91 Å². The summed E-state index contributed by atoms with van der Waals surface area (Å²) in [5, 5.41) is 6.22.